The predicted octanol–water partition coefficient (Wildman–Crippen LogP) is 2.27. The lowest BCUT2D eigenvalue weighted by molar-refractivity contribution is -0.178. The van der Waals surface area contributed by atoms with Crippen molar-refractivity contribution in [1.82, 2.24) is 0 Å². The second kappa shape index (κ2) is 8.57. The van der Waals surface area contributed by atoms with Crippen molar-refractivity contribution < 1.29 is 23.9 Å². The molecule has 122 valence electrons. The van der Waals surface area contributed by atoms with Crippen LogP contribution in [0.1, 0.15) is 52.4 Å². The molecule has 0 bridgehead atoms. The number of Topliss-reactive ketones (excluding diaryl/α,β-unsaturated/α-hetero) is 1. The molecule has 0 N–H and O–H groups in total. The van der Waals surface area contributed by atoms with Gasteiger partial charge in [0.2, 0.25) is 0 Å². The van der Waals surface area contributed by atoms with Gasteiger partial charge in [-0.05, 0) is 39.0 Å². The fourth-order valence-electron chi connectivity index (χ4n) is 3.06. The van der Waals surface area contributed by atoms with Gasteiger partial charge in [-0.15, -0.1) is 12.3 Å². The molecule has 0 amide bonds. The molecule has 0 radical (unpaired) electrons. The third-order valence-electron chi connectivity index (χ3n) is 4.12. The predicted molar refractivity (Wildman–Crippen MR) is 80.7 cm³/mol. The molecule has 1 unspecified atom stereocenters. The van der Waals surface area contributed by atoms with Gasteiger partial charge in [0, 0.05) is 19.3 Å². The zero-order valence-electron chi connectivity index (χ0n) is 13.4. The first-order valence-electron chi connectivity index (χ1n) is 7.82. The van der Waals surface area contributed by atoms with Crippen LogP contribution >= 0.6 is 0 Å². The molecule has 1 saturated carbocycles. The van der Waals surface area contributed by atoms with E-state index < -0.39 is 23.3 Å². The maximum atomic E-state index is 12.6. The Morgan fingerprint density at radius 2 is 1.86 bits per heavy atom. The monoisotopic (exact) mass is 308 g/mol. The molecule has 22 heavy (non-hydrogen) atoms. The Morgan fingerprint density at radius 3 is 2.32 bits per heavy atom. The van der Waals surface area contributed by atoms with Crippen LogP contribution in [0.2, 0.25) is 0 Å². The van der Waals surface area contributed by atoms with Crippen molar-refractivity contribution in [3.8, 4) is 12.3 Å². The van der Waals surface area contributed by atoms with E-state index in [0.717, 1.165) is 0 Å². The Bertz CT molecular complexity index is 442. The van der Waals surface area contributed by atoms with Gasteiger partial charge in [0.15, 0.2) is 5.41 Å². The van der Waals surface area contributed by atoms with Crippen LogP contribution in [0, 0.1) is 23.7 Å². The van der Waals surface area contributed by atoms with Crippen molar-refractivity contribution in [2.24, 2.45) is 11.3 Å². The Morgan fingerprint density at radius 1 is 1.27 bits per heavy atom. The molecule has 0 aromatic rings. The number of carbonyl (C=O) groups is 3. The van der Waals surface area contributed by atoms with Gasteiger partial charge in [-0.3, -0.25) is 14.4 Å². The van der Waals surface area contributed by atoms with Crippen molar-refractivity contribution in [3.05, 3.63) is 0 Å². The van der Waals surface area contributed by atoms with E-state index in [1.165, 1.54) is 0 Å². The SMILES string of the molecule is C#CCCC(C(=O)OCC)(C(=O)OCC)C1CCCC(=O)C1. The molecule has 0 aromatic heterocycles. The maximum absolute atomic E-state index is 12.6. The van der Waals surface area contributed by atoms with Gasteiger partial charge in [0.1, 0.15) is 5.78 Å². The minimum atomic E-state index is -1.46. The number of hydrogen-bond donors (Lipinski definition) is 0. The number of esters is 2. The van der Waals surface area contributed by atoms with Gasteiger partial charge >= 0.3 is 11.9 Å². The number of terminal acetylenes is 1. The van der Waals surface area contributed by atoms with Crippen LogP contribution < -0.4 is 0 Å². The molecule has 1 aliphatic carbocycles. The highest BCUT2D eigenvalue weighted by Gasteiger charge is 2.55. The van der Waals surface area contributed by atoms with Crippen molar-refractivity contribution >= 4 is 17.7 Å². The normalized spacial score (nSPS) is 18.4. The van der Waals surface area contributed by atoms with Crippen molar-refractivity contribution in [2.75, 3.05) is 13.2 Å². The number of rotatable bonds is 7. The Balaban J connectivity index is 3.22. The fraction of sp³-hybridized carbons (Fsp3) is 0.706. The lowest BCUT2D eigenvalue weighted by Gasteiger charge is -2.37. The minimum Gasteiger partial charge on any atom is -0.465 e. The number of carbonyl (C=O) groups excluding carboxylic acids is 3. The average Bonchev–Trinajstić information content (AvgIpc) is 2.49. The van der Waals surface area contributed by atoms with Crippen LogP contribution in [0.15, 0.2) is 0 Å². The summed E-state index contributed by atoms with van der Waals surface area (Å²) in [5.41, 5.74) is -1.46. The highest BCUT2D eigenvalue weighted by Crippen LogP contribution is 2.43. The van der Waals surface area contributed by atoms with E-state index in [9.17, 15) is 14.4 Å². The molecule has 0 spiro atoms. The quantitative estimate of drug-likeness (QED) is 0.410. The summed E-state index contributed by atoms with van der Waals surface area (Å²) in [4.78, 5) is 37.0. The summed E-state index contributed by atoms with van der Waals surface area (Å²) in [5, 5.41) is 0. The summed E-state index contributed by atoms with van der Waals surface area (Å²) in [6.45, 7) is 3.69. The van der Waals surface area contributed by atoms with E-state index in [1.54, 1.807) is 13.8 Å². The second-order valence-electron chi connectivity index (χ2n) is 5.45. The lowest BCUT2D eigenvalue weighted by Crippen LogP contribution is -2.49. The van der Waals surface area contributed by atoms with Gasteiger partial charge < -0.3 is 9.47 Å². The maximum Gasteiger partial charge on any atom is 0.323 e. The minimum absolute atomic E-state index is 0.0647. The molecular formula is C17H24O5. The van der Waals surface area contributed by atoms with Crippen molar-refractivity contribution in [2.45, 2.75) is 52.4 Å². The van der Waals surface area contributed by atoms with Crippen LogP contribution in [0.4, 0.5) is 0 Å². The average molecular weight is 308 g/mol. The zero-order chi connectivity index (χ0) is 16.6. The first-order valence-corrected chi connectivity index (χ1v) is 7.82. The largest absolute Gasteiger partial charge is 0.465 e. The highest BCUT2D eigenvalue weighted by molar-refractivity contribution is 6.01. The number of ketones is 1. The smallest absolute Gasteiger partial charge is 0.323 e. The summed E-state index contributed by atoms with van der Waals surface area (Å²) in [6.07, 6.45) is 7.70. The molecule has 0 saturated heterocycles. The van der Waals surface area contributed by atoms with E-state index >= 15 is 0 Å². The van der Waals surface area contributed by atoms with E-state index in [1.807, 2.05) is 0 Å². The van der Waals surface area contributed by atoms with E-state index in [-0.39, 0.29) is 38.3 Å². The lowest BCUT2D eigenvalue weighted by atomic mass is 9.66. The summed E-state index contributed by atoms with van der Waals surface area (Å²) in [7, 11) is 0. The summed E-state index contributed by atoms with van der Waals surface area (Å²) < 4.78 is 10.3. The molecule has 1 rings (SSSR count). The summed E-state index contributed by atoms with van der Waals surface area (Å²) >= 11 is 0. The van der Waals surface area contributed by atoms with Gasteiger partial charge in [-0.1, -0.05) is 0 Å². The van der Waals surface area contributed by atoms with Crippen LogP contribution in [-0.2, 0) is 23.9 Å². The van der Waals surface area contributed by atoms with E-state index in [2.05, 4.69) is 5.92 Å². The molecule has 1 aliphatic rings. The van der Waals surface area contributed by atoms with Crippen LogP contribution in [0.3, 0.4) is 0 Å². The van der Waals surface area contributed by atoms with Crippen molar-refractivity contribution in [3.63, 3.8) is 0 Å². The van der Waals surface area contributed by atoms with Crippen LogP contribution in [0.5, 0.6) is 0 Å². The molecule has 5 nitrogen and oxygen atoms in total. The van der Waals surface area contributed by atoms with Gasteiger partial charge in [-0.2, -0.15) is 0 Å². The first kappa shape index (κ1) is 18.2. The summed E-state index contributed by atoms with van der Waals surface area (Å²) in [5.74, 6) is 0.885. The highest BCUT2D eigenvalue weighted by atomic mass is 16.6. The van der Waals surface area contributed by atoms with Crippen LogP contribution in [-0.4, -0.2) is 30.9 Å². The van der Waals surface area contributed by atoms with Gasteiger partial charge in [0.25, 0.3) is 0 Å². The molecule has 1 atom stereocenters. The third-order valence-corrected chi connectivity index (χ3v) is 4.12. The van der Waals surface area contributed by atoms with Gasteiger partial charge in [0.05, 0.1) is 13.2 Å². The number of ether oxygens (including phenoxy) is 2. The topological polar surface area (TPSA) is 69.7 Å². The standard InChI is InChI=1S/C17H24O5/c1-4-7-11-17(15(19)21-5-2,16(20)22-6-3)13-9-8-10-14(18)12-13/h1,13H,5-12H2,2-3H3. The molecule has 5 heteroatoms. The molecule has 1 fully saturated rings. The first-order chi connectivity index (χ1) is 10.5. The fourth-order valence-corrected chi connectivity index (χ4v) is 3.06. The van der Waals surface area contributed by atoms with E-state index in [4.69, 9.17) is 15.9 Å². The molecule has 0 heterocycles. The molecule has 0 aliphatic heterocycles. The molecular weight excluding hydrogens is 284 g/mol. The van der Waals surface area contributed by atoms with Gasteiger partial charge in [-0.25, -0.2) is 0 Å². The molecule has 0 aromatic carbocycles. The van der Waals surface area contributed by atoms with Crippen molar-refractivity contribution in [1.29, 1.82) is 0 Å². The third kappa shape index (κ3) is 3.88. The van der Waals surface area contributed by atoms with E-state index in [0.29, 0.717) is 19.3 Å². The second-order valence-corrected chi connectivity index (χ2v) is 5.45. The number of hydrogen-bond acceptors (Lipinski definition) is 5. The zero-order valence-corrected chi connectivity index (χ0v) is 13.4. The Hall–Kier alpha value is -1.83. The summed E-state index contributed by atoms with van der Waals surface area (Å²) in [6, 6.07) is 0. The Labute approximate surface area is 131 Å². The van der Waals surface area contributed by atoms with Crippen LogP contribution in [0.25, 0.3) is 0 Å². The Kier molecular flexibility index (Phi) is 7.10.